The highest BCUT2D eigenvalue weighted by atomic mass is 19.4. The normalized spacial score (nSPS) is 15.6. The van der Waals surface area contributed by atoms with Gasteiger partial charge in [0.25, 0.3) is 5.91 Å². The lowest BCUT2D eigenvalue weighted by atomic mass is 9.95. The van der Waals surface area contributed by atoms with E-state index in [4.69, 9.17) is 0 Å². The molecule has 0 spiro atoms. The fourth-order valence-corrected chi connectivity index (χ4v) is 3.03. The first-order valence-electron chi connectivity index (χ1n) is 8.39. The molecule has 1 saturated heterocycles. The van der Waals surface area contributed by atoms with Gasteiger partial charge in [-0.2, -0.15) is 18.3 Å². The number of halogens is 3. The molecule has 0 bridgehead atoms. The number of amides is 2. The van der Waals surface area contributed by atoms with Crippen LogP contribution in [0.15, 0.2) is 24.5 Å². The molecule has 0 aliphatic carbocycles. The molecule has 1 aliphatic rings. The SMILES string of the molecule is Cc1c(NC(=O)C2CCN(C(=O)c3cccnc3)CC2)n[nH]c1C(F)(F)F. The van der Waals surface area contributed by atoms with Crippen LogP contribution >= 0.6 is 0 Å². The van der Waals surface area contributed by atoms with Gasteiger partial charge in [0, 0.05) is 37.0 Å². The molecule has 3 rings (SSSR count). The first-order valence-corrected chi connectivity index (χ1v) is 8.39. The zero-order chi connectivity index (χ0) is 19.6. The molecule has 2 aromatic heterocycles. The molecule has 0 saturated carbocycles. The first-order chi connectivity index (χ1) is 12.8. The van der Waals surface area contributed by atoms with Crippen LogP contribution in [0.5, 0.6) is 0 Å². The molecule has 7 nitrogen and oxygen atoms in total. The van der Waals surface area contributed by atoms with Crippen molar-refractivity contribution in [3.8, 4) is 0 Å². The number of aromatic amines is 1. The van der Waals surface area contributed by atoms with Gasteiger partial charge in [0.1, 0.15) is 5.69 Å². The van der Waals surface area contributed by atoms with E-state index in [9.17, 15) is 22.8 Å². The Bertz CT molecular complexity index is 827. The van der Waals surface area contributed by atoms with Gasteiger partial charge in [-0.1, -0.05) is 0 Å². The number of anilines is 1. The summed E-state index contributed by atoms with van der Waals surface area (Å²) in [4.78, 5) is 30.3. The second kappa shape index (κ2) is 7.37. The number of aromatic nitrogens is 3. The lowest BCUT2D eigenvalue weighted by molar-refractivity contribution is -0.141. The van der Waals surface area contributed by atoms with Crippen LogP contribution in [0.2, 0.25) is 0 Å². The molecule has 10 heteroatoms. The minimum atomic E-state index is -4.56. The maximum atomic E-state index is 12.8. The van der Waals surface area contributed by atoms with Gasteiger partial charge in [0.05, 0.1) is 5.56 Å². The Morgan fingerprint density at radius 2 is 2.00 bits per heavy atom. The summed E-state index contributed by atoms with van der Waals surface area (Å²) >= 11 is 0. The third kappa shape index (κ3) is 4.09. The molecular formula is C17H18F3N5O2. The van der Waals surface area contributed by atoms with Crippen molar-refractivity contribution in [3.63, 3.8) is 0 Å². The minimum absolute atomic E-state index is 0.124. The Kier molecular flexibility index (Phi) is 5.15. The molecule has 1 aliphatic heterocycles. The maximum Gasteiger partial charge on any atom is 0.433 e. The monoisotopic (exact) mass is 381 g/mol. The Hall–Kier alpha value is -2.91. The van der Waals surface area contributed by atoms with E-state index in [-0.39, 0.29) is 17.3 Å². The third-order valence-electron chi connectivity index (χ3n) is 4.60. The van der Waals surface area contributed by atoms with Gasteiger partial charge < -0.3 is 10.2 Å². The second-order valence-electron chi connectivity index (χ2n) is 6.37. The highest BCUT2D eigenvalue weighted by molar-refractivity contribution is 5.95. The van der Waals surface area contributed by atoms with E-state index in [0.717, 1.165) is 0 Å². The van der Waals surface area contributed by atoms with Crippen molar-refractivity contribution in [2.24, 2.45) is 5.92 Å². The van der Waals surface area contributed by atoms with Crippen LogP contribution < -0.4 is 5.32 Å². The molecule has 1 fully saturated rings. The molecule has 0 radical (unpaired) electrons. The molecule has 0 unspecified atom stereocenters. The summed E-state index contributed by atoms with van der Waals surface area (Å²) in [6.45, 7) is 2.02. The Morgan fingerprint density at radius 3 is 2.56 bits per heavy atom. The number of alkyl halides is 3. The predicted octanol–water partition coefficient (Wildman–Crippen LogP) is 2.62. The number of hydrogen-bond donors (Lipinski definition) is 2. The number of H-pyrrole nitrogens is 1. The summed E-state index contributed by atoms with van der Waals surface area (Å²) in [6, 6.07) is 3.35. The fraction of sp³-hybridized carbons (Fsp3) is 0.412. The molecule has 0 atom stereocenters. The average molecular weight is 381 g/mol. The van der Waals surface area contributed by atoms with E-state index in [1.807, 2.05) is 5.10 Å². The van der Waals surface area contributed by atoms with Crippen LogP contribution in [0.3, 0.4) is 0 Å². The van der Waals surface area contributed by atoms with Crippen LogP contribution in [0.25, 0.3) is 0 Å². The van der Waals surface area contributed by atoms with E-state index in [2.05, 4.69) is 15.4 Å². The zero-order valence-corrected chi connectivity index (χ0v) is 14.5. The molecule has 27 heavy (non-hydrogen) atoms. The standard InChI is InChI=1S/C17H18F3N5O2/c1-10-13(17(18,19)20)23-24-14(10)22-15(26)11-4-7-25(8-5-11)16(27)12-3-2-6-21-9-12/h2-3,6,9,11H,4-5,7-8H2,1H3,(H2,22,23,24,26). The zero-order valence-electron chi connectivity index (χ0n) is 14.5. The van der Waals surface area contributed by atoms with Crippen molar-refractivity contribution in [3.05, 3.63) is 41.3 Å². The van der Waals surface area contributed by atoms with Crippen molar-refractivity contribution < 1.29 is 22.8 Å². The van der Waals surface area contributed by atoms with Gasteiger partial charge in [-0.25, -0.2) is 0 Å². The number of nitrogens with one attached hydrogen (secondary N) is 2. The minimum Gasteiger partial charge on any atom is -0.339 e. The van der Waals surface area contributed by atoms with E-state index in [1.54, 1.807) is 23.2 Å². The number of carbonyl (C=O) groups is 2. The summed E-state index contributed by atoms with van der Waals surface area (Å²) in [5.41, 5.74) is -0.651. The van der Waals surface area contributed by atoms with Crippen LogP contribution in [-0.4, -0.2) is 45.0 Å². The fourth-order valence-electron chi connectivity index (χ4n) is 3.03. The molecule has 0 aromatic carbocycles. The third-order valence-corrected chi connectivity index (χ3v) is 4.60. The van der Waals surface area contributed by atoms with Crippen molar-refractivity contribution in [1.82, 2.24) is 20.1 Å². The van der Waals surface area contributed by atoms with Crippen molar-refractivity contribution in [2.45, 2.75) is 25.9 Å². The second-order valence-corrected chi connectivity index (χ2v) is 6.37. The number of hydrogen-bond acceptors (Lipinski definition) is 4. The van der Waals surface area contributed by atoms with E-state index in [1.165, 1.54) is 13.1 Å². The lowest BCUT2D eigenvalue weighted by Gasteiger charge is -2.31. The lowest BCUT2D eigenvalue weighted by Crippen LogP contribution is -2.41. The van der Waals surface area contributed by atoms with Crippen molar-refractivity contribution >= 4 is 17.6 Å². The number of piperidine rings is 1. The van der Waals surface area contributed by atoms with Gasteiger partial charge in [0.15, 0.2) is 5.82 Å². The maximum absolute atomic E-state index is 12.8. The number of rotatable bonds is 3. The number of nitrogens with zero attached hydrogens (tertiary/aromatic N) is 3. The molecule has 3 heterocycles. The molecule has 2 amide bonds. The average Bonchev–Trinajstić information content (AvgIpc) is 3.02. The van der Waals surface area contributed by atoms with Crippen molar-refractivity contribution in [2.75, 3.05) is 18.4 Å². The molecule has 2 aromatic rings. The summed E-state index contributed by atoms with van der Waals surface area (Å²) < 4.78 is 38.4. The summed E-state index contributed by atoms with van der Waals surface area (Å²) in [6.07, 6.45) is -0.646. The Morgan fingerprint density at radius 1 is 1.30 bits per heavy atom. The largest absolute Gasteiger partial charge is 0.433 e. The smallest absolute Gasteiger partial charge is 0.339 e. The van der Waals surface area contributed by atoms with Crippen LogP contribution in [0.1, 0.15) is 34.5 Å². The highest BCUT2D eigenvalue weighted by Crippen LogP contribution is 2.33. The highest BCUT2D eigenvalue weighted by Gasteiger charge is 2.36. The van der Waals surface area contributed by atoms with Crippen LogP contribution in [0.4, 0.5) is 19.0 Å². The summed E-state index contributed by atoms with van der Waals surface area (Å²) in [5, 5.41) is 7.92. The van der Waals surface area contributed by atoms with E-state index < -0.39 is 23.7 Å². The Balaban J connectivity index is 1.58. The van der Waals surface area contributed by atoms with Gasteiger partial charge in [0.2, 0.25) is 5.91 Å². The molecular weight excluding hydrogens is 363 g/mol. The summed E-state index contributed by atoms with van der Waals surface area (Å²) in [5.74, 6) is -1.07. The quantitative estimate of drug-likeness (QED) is 0.855. The predicted molar refractivity (Wildman–Crippen MR) is 89.8 cm³/mol. The van der Waals surface area contributed by atoms with Gasteiger partial charge in [-0.15, -0.1) is 0 Å². The van der Waals surface area contributed by atoms with Gasteiger partial charge in [-0.3, -0.25) is 19.7 Å². The number of carbonyl (C=O) groups excluding carboxylic acids is 2. The van der Waals surface area contributed by atoms with E-state index in [0.29, 0.717) is 31.5 Å². The topological polar surface area (TPSA) is 91.0 Å². The number of pyridine rings is 1. The first kappa shape index (κ1) is 18.9. The van der Waals surface area contributed by atoms with Gasteiger partial charge in [-0.05, 0) is 31.9 Å². The Labute approximate surface area is 153 Å². The molecule has 144 valence electrons. The van der Waals surface area contributed by atoms with Gasteiger partial charge >= 0.3 is 6.18 Å². The number of likely N-dealkylation sites (tertiary alicyclic amines) is 1. The van der Waals surface area contributed by atoms with E-state index >= 15 is 0 Å². The van der Waals surface area contributed by atoms with Crippen LogP contribution in [0, 0.1) is 12.8 Å². The summed E-state index contributed by atoms with van der Waals surface area (Å²) in [7, 11) is 0. The van der Waals surface area contributed by atoms with Crippen LogP contribution in [-0.2, 0) is 11.0 Å². The van der Waals surface area contributed by atoms with Crippen molar-refractivity contribution in [1.29, 1.82) is 0 Å². The molecule has 2 N–H and O–H groups in total.